The number of nitrogens with zero attached hydrogens (tertiary/aromatic N) is 3. The SMILES string of the molecule is N#Cc1ccc2nc(C(=O)NCc3ccc4c(c3)CN(c3c(N)c(=O)c3=O)CC4)[nH]c(=O)c2c1. The second kappa shape index (κ2) is 7.97. The number of benzene rings is 2. The molecule has 0 atom stereocenters. The third-order valence-corrected chi connectivity index (χ3v) is 6.02. The maximum Gasteiger partial charge on any atom is 0.287 e. The summed E-state index contributed by atoms with van der Waals surface area (Å²) in [5.74, 6) is -0.666. The first-order chi connectivity index (χ1) is 16.4. The zero-order valence-electron chi connectivity index (χ0n) is 17.8. The lowest BCUT2D eigenvalue weighted by Crippen LogP contribution is -2.44. The Labute approximate surface area is 192 Å². The Morgan fingerprint density at radius 2 is 1.97 bits per heavy atom. The molecule has 4 aromatic rings. The molecule has 0 unspecified atom stereocenters. The summed E-state index contributed by atoms with van der Waals surface area (Å²) in [4.78, 5) is 56.8. The van der Waals surface area contributed by atoms with Crippen LogP contribution < -0.4 is 32.4 Å². The minimum absolute atomic E-state index is 0.0117. The number of carbonyl (C=O) groups excluding carboxylic acids is 1. The van der Waals surface area contributed by atoms with Crippen molar-refractivity contribution in [2.24, 2.45) is 0 Å². The number of nitriles is 1. The van der Waals surface area contributed by atoms with E-state index in [9.17, 15) is 19.2 Å². The maximum atomic E-state index is 12.6. The number of H-pyrrole nitrogens is 1. The standard InChI is InChI=1S/C24H18N6O4/c25-9-12-2-4-17-16(8-12)23(33)29-22(28-17)24(34)27-10-13-1-3-14-5-6-30(11-15(14)7-13)19-18(26)20(31)21(19)32/h1-4,7-8H,5-6,10-11,26H2,(H,27,34)(H,28,29,33). The summed E-state index contributed by atoms with van der Waals surface area (Å²) in [5.41, 5.74) is 7.90. The Bertz CT molecular complexity index is 1660. The van der Waals surface area contributed by atoms with Crippen LogP contribution >= 0.6 is 0 Å². The Morgan fingerprint density at radius 1 is 1.15 bits per heavy atom. The van der Waals surface area contributed by atoms with Gasteiger partial charge in [0.15, 0.2) is 5.82 Å². The highest BCUT2D eigenvalue weighted by molar-refractivity contribution is 5.92. The summed E-state index contributed by atoms with van der Waals surface area (Å²) < 4.78 is 0. The van der Waals surface area contributed by atoms with Crippen molar-refractivity contribution in [2.75, 3.05) is 17.2 Å². The normalized spacial score (nSPS) is 13.0. The van der Waals surface area contributed by atoms with E-state index in [1.165, 1.54) is 18.2 Å². The molecule has 4 N–H and O–H groups in total. The lowest BCUT2D eigenvalue weighted by atomic mass is 9.96. The highest BCUT2D eigenvalue weighted by Gasteiger charge is 2.26. The van der Waals surface area contributed by atoms with Crippen LogP contribution in [-0.4, -0.2) is 22.4 Å². The van der Waals surface area contributed by atoms with E-state index >= 15 is 0 Å². The number of aromatic nitrogens is 2. The van der Waals surface area contributed by atoms with Crippen LogP contribution in [0, 0.1) is 11.3 Å². The fraction of sp³-hybridized carbons (Fsp3) is 0.167. The number of nitrogens with two attached hydrogens (primary N) is 1. The molecule has 2 heterocycles. The maximum absolute atomic E-state index is 12.6. The average Bonchev–Trinajstić information content (AvgIpc) is 2.86. The van der Waals surface area contributed by atoms with Crippen LogP contribution in [0.25, 0.3) is 10.9 Å². The first kappa shape index (κ1) is 21.1. The third-order valence-electron chi connectivity index (χ3n) is 6.02. The van der Waals surface area contributed by atoms with Gasteiger partial charge in [0.05, 0.1) is 22.5 Å². The molecule has 168 valence electrons. The van der Waals surface area contributed by atoms with Gasteiger partial charge in [-0.2, -0.15) is 5.26 Å². The predicted molar refractivity (Wildman–Crippen MR) is 125 cm³/mol. The van der Waals surface area contributed by atoms with Gasteiger partial charge in [0.1, 0.15) is 11.4 Å². The van der Waals surface area contributed by atoms with E-state index in [0.717, 1.165) is 16.7 Å². The summed E-state index contributed by atoms with van der Waals surface area (Å²) in [6.45, 7) is 1.23. The minimum atomic E-state index is -0.636. The van der Waals surface area contributed by atoms with E-state index in [1.54, 1.807) is 0 Å². The third kappa shape index (κ3) is 3.49. The van der Waals surface area contributed by atoms with Gasteiger partial charge in [-0.05, 0) is 41.3 Å². The molecule has 10 nitrogen and oxygen atoms in total. The van der Waals surface area contributed by atoms with Crippen molar-refractivity contribution >= 4 is 28.2 Å². The van der Waals surface area contributed by atoms with Crippen molar-refractivity contribution < 1.29 is 4.79 Å². The number of amides is 1. The van der Waals surface area contributed by atoms with E-state index in [0.29, 0.717) is 30.6 Å². The van der Waals surface area contributed by atoms with Gasteiger partial charge in [0.25, 0.3) is 22.3 Å². The van der Waals surface area contributed by atoms with Gasteiger partial charge in [0, 0.05) is 19.6 Å². The Morgan fingerprint density at radius 3 is 2.74 bits per heavy atom. The molecule has 0 fully saturated rings. The van der Waals surface area contributed by atoms with Crippen molar-refractivity contribution in [3.8, 4) is 6.07 Å². The molecular weight excluding hydrogens is 436 g/mol. The quantitative estimate of drug-likeness (QED) is 0.375. The molecule has 3 aromatic carbocycles. The van der Waals surface area contributed by atoms with Crippen LogP contribution in [-0.2, 0) is 19.5 Å². The Balaban J connectivity index is 1.32. The number of carbonyl (C=O) groups is 1. The van der Waals surface area contributed by atoms with E-state index in [1.807, 2.05) is 29.2 Å². The van der Waals surface area contributed by atoms with E-state index in [-0.39, 0.29) is 29.1 Å². The molecule has 0 saturated carbocycles. The number of nitrogens with one attached hydrogen (secondary N) is 2. The first-order valence-corrected chi connectivity index (χ1v) is 10.5. The fourth-order valence-electron chi connectivity index (χ4n) is 4.20. The van der Waals surface area contributed by atoms with Gasteiger partial charge >= 0.3 is 0 Å². The summed E-state index contributed by atoms with van der Waals surface area (Å²) in [6.07, 6.45) is 0.704. The zero-order chi connectivity index (χ0) is 24.0. The lowest BCUT2D eigenvalue weighted by molar-refractivity contribution is 0.0940. The van der Waals surface area contributed by atoms with Crippen LogP contribution in [0.3, 0.4) is 0 Å². The van der Waals surface area contributed by atoms with Crippen LogP contribution in [0.2, 0.25) is 0 Å². The number of hydrogen-bond donors (Lipinski definition) is 3. The van der Waals surface area contributed by atoms with Crippen LogP contribution in [0.5, 0.6) is 0 Å². The molecule has 0 bridgehead atoms. The largest absolute Gasteiger partial charge is 0.394 e. The molecule has 0 radical (unpaired) electrons. The monoisotopic (exact) mass is 454 g/mol. The number of hydrogen-bond acceptors (Lipinski definition) is 8. The van der Waals surface area contributed by atoms with E-state index in [2.05, 4.69) is 15.3 Å². The summed E-state index contributed by atoms with van der Waals surface area (Å²) in [7, 11) is 0. The van der Waals surface area contributed by atoms with Crippen molar-refractivity contribution in [3.63, 3.8) is 0 Å². The number of aromatic amines is 1. The topological polar surface area (TPSA) is 162 Å². The van der Waals surface area contributed by atoms with Crippen LogP contribution in [0.1, 0.15) is 32.9 Å². The summed E-state index contributed by atoms with van der Waals surface area (Å²) in [6, 6.07) is 12.3. The molecule has 10 heteroatoms. The minimum Gasteiger partial charge on any atom is -0.394 e. The van der Waals surface area contributed by atoms with Crippen molar-refractivity contribution in [1.82, 2.24) is 15.3 Å². The molecule has 0 aliphatic carbocycles. The van der Waals surface area contributed by atoms with Gasteiger partial charge in [-0.15, -0.1) is 0 Å². The molecule has 34 heavy (non-hydrogen) atoms. The summed E-state index contributed by atoms with van der Waals surface area (Å²) >= 11 is 0. The van der Waals surface area contributed by atoms with Gasteiger partial charge in [-0.1, -0.05) is 18.2 Å². The fourth-order valence-corrected chi connectivity index (χ4v) is 4.20. The molecule has 1 amide bonds. The summed E-state index contributed by atoms with van der Waals surface area (Å²) in [5, 5.41) is 12.0. The molecule has 1 aliphatic rings. The Kier molecular flexibility index (Phi) is 4.94. The molecule has 0 saturated heterocycles. The smallest absolute Gasteiger partial charge is 0.287 e. The van der Waals surface area contributed by atoms with Crippen molar-refractivity contribution in [2.45, 2.75) is 19.5 Å². The highest BCUT2D eigenvalue weighted by Crippen LogP contribution is 2.26. The van der Waals surface area contributed by atoms with Gasteiger partial charge < -0.3 is 20.9 Å². The number of fused-ring (bicyclic) bond motifs is 2. The molecule has 1 aliphatic heterocycles. The number of anilines is 2. The second-order valence-corrected chi connectivity index (χ2v) is 8.14. The zero-order valence-corrected chi connectivity index (χ0v) is 17.8. The lowest BCUT2D eigenvalue weighted by Gasteiger charge is -2.32. The van der Waals surface area contributed by atoms with Crippen LogP contribution in [0.15, 0.2) is 50.8 Å². The van der Waals surface area contributed by atoms with E-state index in [4.69, 9.17) is 11.0 Å². The number of rotatable bonds is 4. The van der Waals surface area contributed by atoms with Crippen molar-refractivity contribution in [1.29, 1.82) is 5.26 Å². The predicted octanol–water partition coefficient (Wildman–Crippen LogP) is 0.466. The molecule has 5 rings (SSSR count). The highest BCUT2D eigenvalue weighted by atomic mass is 16.2. The van der Waals surface area contributed by atoms with Gasteiger partial charge in [-0.25, -0.2) is 4.98 Å². The second-order valence-electron chi connectivity index (χ2n) is 8.14. The molecule has 0 spiro atoms. The van der Waals surface area contributed by atoms with Crippen molar-refractivity contribution in [3.05, 3.63) is 95.3 Å². The number of nitrogen functional groups attached to an aromatic ring is 1. The van der Waals surface area contributed by atoms with Gasteiger partial charge in [0.2, 0.25) is 0 Å². The molecular formula is C24H18N6O4. The Hall–Kier alpha value is -4.78. The average molecular weight is 454 g/mol. The van der Waals surface area contributed by atoms with Crippen LogP contribution in [0.4, 0.5) is 11.4 Å². The van der Waals surface area contributed by atoms with Gasteiger partial charge in [-0.3, -0.25) is 19.2 Å². The first-order valence-electron chi connectivity index (χ1n) is 10.5. The molecule has 1 aromatic heterocycles. The van der Waals surface area contributed by atoms with E-state index < -0.39 is 22.3 Å².